The molecule has 12 heavy (non-hydrogen) atoms. The van der Waals surface area contributed by atoms with E-state index in [2.05, 4.69) is 13.2 Å². The minimum Gasteiger partial charge on any atom is -0.345 e. The predicted octanol–water partition coefficient (Wildman–Crippen LogP) is 2.28. The van der Waals surface area contributed by atoms with Crippen molar-refractivity contribution in [2.45, 2.75) is 45.2 Å². The molecular weight excluding hydrogens is 172 g/mol. The number of rotatable bonds is 3. The van der Waals surface area contributed by atoms with Crippen LogP contribution >= 0.6 is 11.8 Å². The number of hydrogen-bond acceptors (Lipinski definition) is 3. The summed E-state index contributed by atoms with van der Waals surface area (Å²) in [5.41, 5.74) is 0. The highest BCUT2D eigenvalue weighted by Crippen LogP contribution is 2.30. The Balaban J connectivity index is 2.50. The van der Waals surface area contributed by atoms with Gasteiger partial charge in [0.1, 0.15) is 0 Å². The third-order valence-electron chi connectivity index (χ3n) is 2.02. The van der Waals surface area contributed by atoms with Crippen LogP contribution in [0, 0.1) is 0 Å². The molecule has 1 heterocycles. The van der Waals surface area contributed by atoms with Gasteiger partial charge in [-0.15, -0.1) is 0 Å². The lowest BCUT2D eigenvalue weighted by atomic mass is 10.2. The van der Waals surface area contributed by atoms with E-state index in [4.69, 9.17) is 9.47 Å². The van der Waals surface area contributed by atoms with Gasteiger partial charge >= 0.3 is 0 Å². The van der Waals surface area contributed by atoms with Crippen LogP contribution in [0.15, 0.2) is 0 Å². The van der Waals surface area contributed by atoms with E-state index in [-0.39, 0.29) is 18.0 Å². The Labute approximate surface area is 79.0 Å². The lowest BCUT2D eigenvalue weighted by Crippen LogP contribution is -2.24. The lowest BCUT2D eigenvalue weighted by molar-refractivity contribution is -0.144. The van der Waals surface area contributed by atoms with Gasteiger partial charge in [0.25, 0.3) is 0 Å². The van der Waals surface area contributed by atoms with Crippen molar-refractivity contribution in [2.75, 3.05) is 12.0 Å². The monoisotopic (exact) mass is 190 g/mol. The summed E-state index contributed by atoms with van der Waals surface area (Å²) in [7, 11) is 0. The number of hydrogen-bond donors (Lipinski definition) is 0. The molecule has 1 rings (SSSR count). The normalized spacial score (nSPS) is 34.0. The molecule has 0 amide bonds. The van der Waals surface area contributed by atoms with Gasteiger partial charge in [0.2, 0.25) is 0 Å². The largest absolute Gasteiger partial charge is 0.345 e. The van der Waals surface area contributed by atoms with Gasteiger partial charge in [-0.1, -0.05) is 6.92 Å². The fourth-order valence-electron chi connectivity index (χ4n) is 1.56. The van der Waals surface area contributed by atoms with Crippen LogP contribution in [-0.2, 0) is 9.47 Å². The molecule has 1 aliphatic heterocycles. The van der Waals surface area contributed by atoms with Crippen molar-refractivity contribution in [3.8, 4) is 0 Å². The second-order valence-corrected chi connectivity index (χ2v) is 4.49. The van der Waals surface area contributed by atoms with Gasteiger partial charge in [-0.25, -0.2) is 0 Å². The maximum Gasteiger partial charge on any atom is 0.163 e. The van der Waals surface area contributed by atoms with Gasteiger partial charge in [0.15, 0.2) is 5.79 Å². The Bertz CT molecular complexity index is 147. The molecule has 2 atom stereocenters. The molecule has 0 bridgehead atoms. The topological polar surface area (TPSA) is 18.5 Å². The molecule has 0 aromatic heterocycles. The quantitative estimate of drug-likeness (QED) is 0.680. The van der Waals surface area contributed by atoms with Gasteiger partial charge < -0.3 is 9.47 Å². The molecule has 2 unspecified atom stereocenters. The first kappa shape index (κ1) is 10.4. The van der Waals surface area contributed by atoms with Gasteiger partial charge in [-0.2, -0.15) is 11.8 Å². The molecule has 0 spiro atoms. The van der Waals surface area contributed by atoms with Crippen LogP contribution < -0.4 is 0 Å². The Morgan fingerprint density at radius 1 is 1.25 bits per heavy atom. The zero-order valence-electron chi connectivity index (χ0n) is 8.29. The highest BCUT2D eigenvalue weighted by atomic mass is 32.2. The molecule has 0 aromatic rings. The molecule has 1 saturated heterocycles. The Hall–Kier alpha value is 0.270. The van der Waals surface area contributed by atoms with E-state index in [1.165, 1.54) is 0 Å². The van der Waals surface area contributed by atoms with Crippen LogP contribution in [0.3, 0.4) is 0 Å². The summed E-state index contributed by atoms with van der Waals surface area (Å²) >= 11 is 1.81. The van der Waals surface area contributed by atoms with Crippen LogP contribution in [0.4, 0.5) is 0 Å². The van der Waals surface area contributed by atoms with Crippen molar-refractivity contribution >= 4 is 11.8 Å². The van der Waals surface area contributed by atoms with Crippen LogP contribution in [0.1, 0.15) is 27.2 Å². The Morgan fingerprint density at radius 3 is 2.33 bits per heavy atom. The lowest BCUT2D eigenvalue weighted by Gasteiger charge is -2.16. The Kier molecular flexibility index (Phi) is 3.44. The van der Waals surface area contributed by atoms with Gasteiger partial charge in [0.05, 0.1) is 12.2 Å². The van der Waals surface area contributed by atoms with Crippen molar-refractivity contribution in [1.29, 1.82) is 0 Å². The van der Waals surface area contributed by atoms with Crippen molar-refractivity contribution in [3.63, 3.8) is 0 Å². The number of ether oxygens (including phenoxy) is 2. The van der Waals surface area contributed by atoms with Crippen molar-refractivity contribution in [3.05, 3.63) is 0 Å². The zero-order valence-corrected chi connectivity index (χ0v) is 9.11. The van der Waals surface area contributed by atoms with E-state index in [0.29, 0.717) is 0 Å². The zero-order chi connectivity index (χ0) is 9.19. The summed E-state index contributed by atoms with van der Waals surface area (Å²) in [6.07, 6.45) is 3.70. The molecule has 0 aliphatic carbocycles. The summed E-state index contributed by atoms with van der Waals surface area (Å²) in [5, 5.41) is 0. The Morgan fingerprint density at radius 2 is 1.83 bits per heavy atom. The van der Waals surface area contributed by atoms with Crippen LogP contribution in [0.5, 0.6) is 0 Å². The smallest absolute Gasteiger partial charge is 0.163 e. The molecule has 0 aromatic carbocycles. The van der Waals surface area contributed by atoms with E-state index in [0.717, 1.165) is 12.2 Å². The van der Waals surface area contributed by atoms with Gasteiger partial charge in [-0.3, -0.25) is 0 Å². The van der Waals surface area contributed by atoms with Crippen molar-refractivity contribution in [2.24, 2.45) is 0 Å². The summed E-state index contributed by atoms with van der Waals surface area (Å²) in [6.45, 7) is 6.11. The van der Waals surface area contributed by atoms with Crippen LogP contribution in [0.25, 0.3) is 0 Å². The van der Waals surface area contributed by atoms with E-state index in [1.54, 1.807) is 0 Å². The molecule has 72 valence electrons. The van der Waals surface area contributed by atoms with E-state index in [1.807, 2.05) is 25.6 Å². The molecule has 0 saturated carbocycles. The first-order valence-electron chi connectivity index (χ1n) is 4.43. The van der Waals surface area contributed by atoms with Crippen LogP contribution in [0.2, 0.25) is 0 Å². The molecule has 1 fully saturated rings. The SMILES string of the molecule is CCC1OC(C)(C)OC1CSC. The maximum absolute atomic E-state index is 5.75. The summed E-state index contributed by atoms with van der Waals surface area (Å²) < 4.78 is 11.5. The summed E-state index contributed by atoms with van der Waals surface area (Å²) in [5.74, 6) is 0.656. The predicted molar refractivity (Wildman–Crippen MR) is 52.5 cm³/mol. The molecular formula is C9H18O2S. The highest BCUT2D eigenvalue weighted by molar-refractivity contribution is 7.98. The van der Waals surface area contributed by atoms with Crippen molar-refractivity contribution < 1.29 is 9.47 Å². The molecule has 0 radical (unpaired) electrons. The third-order valence-corrected chi connectivity index (χ3v) is 2.68. The molecule has 0 N–H and O–H groups in total. The second kappa shape index (κ2) is 3.99. The fourth-order valence-corrected chi connectivity index (χ4v) is 2.17. The van der Waals surface area contributed by atoms with Crippen molar-refractivity contribution in [1.82, 2.24) is 0 Å². The number of thioether (sulfide) groups is 1. The highest BCUT2D eigenvalue weighted by Gasteiger charge is 2.39. The minimum atomic E-state index is -0.374. The molecule has 3 heteroatoms. The third kappa shape index (κ3) is 2.38. The van der Waals surface area contributed by atoms with E-state index in [9.17, 15) is 0 Å². The summed E-state index contributed by atoms with van der Waals surface area (Å²) in [4.78, 5) is 0. The standard InChI is InChI=1S/C9H18O2S/c1-5-7-8(6-12-4)11-9(2,3)10-7/h7-8H,5-6H2,1-4H3. The van der Waals surface area contributed by atoms with Crippen LogP contribution in [-0.4, -0.2) is 30.0 Å². The van der Waals surface area contributed by atoms with Gasteiger partial charge in [-0.05, 0) is 26.5 Å². The van der Waals surface area contributed by atoms with Gasteiger partial charge in [0, 0.05) is 5.75 Å². The first-order valence-corrected chi connectivity index (χ1v) is 5.83. The molecule has 2 nitrogen and oxygen atoms in total. The van der Waals surface area contributed by atoms with E-state index >= 15 is 0 Å². The minimum absolute atomic E-state index is 0.278. The molecule has 1 aliphatic rings. The summed E-state index contributed by atoms with van der Waals surface area (Å²) in [6, 6.07) is 0. The first-order chi connectivity index (χ1) is 5.59. The second-order valence-electron chi connectivity index (χ2n) is 3.58. The average Bonchev–Trinajstić information content (AvgIpc) is 2.26. The maximum atomic E-state index is 5.75. The van der Waals surface area contributed by atoms with E-state index < -0.39 is 0 Å². The average molecular weight is 190 g/mol. The fraction of sp³-hybridized carbons (Fsp3) is 1.00.